The largest absolute Gasteiger partial charge is 0.497 e. The molecule has 0 bridgehead atoms. The van der Waals surface area contributed by atoms with Crippen LogP contribution in [0.25, 0.3) is 22.4 Å². The van der Waals surface area contributed by atoms with Crippen LogP contribution >= 0.6 is 0 Å². The molecule has 3 aromatic carbocycles. The first-order chi connectivity index (χ1) is 15.6. The number of carbonyl (C=O) groups is 1. The number of hydrogen-bond acceptors (Lipinski definition) is 4. The number of aryl methyl sites for hydroxylation is 1. The summed E-state index contributed by atoms with van der Waals surface area (Å²) < 4.78 is 5.38. The third-order valence-electron chi connectivity index (χ3n) is 5.32. The summed E-state index contributed by atoms with van der Waals surface area (Å²) in [4.78, 5) is 16.5. The molecule has 0 spiro atoms. The average molecular weight is 425 g/mol. The molecule has 0 aliphatic heterocycles. The van der Waals surface area contributed by atoms with Gasteiger partial charge in [0, 0.05) is 11.1 Å². The standard InChI is InChI=1S/C27H24N2O3/c1-3-18-12-13-25(24(14-18)27(30)31)29-21-16-23(19-8-5-4-6-9-19)26(28-17-21)20-10-7-11-22(15-20)32-2/h4-17,29H,3H2,1-2H3,(H,30,31). The molecule has 0 aliphatic carbocycles. The quantitative estimate of drug-likeness (QED) is 0.358. The van der Waals surface area contributed by atoms with Crippen molar-refractivity contribution in [2.45, 2.75) is 13.3 Å². The summed E-state index contributed by atoms with van der Waals surface area (Å²) in [6, 6.07) is 25.2. The zero-order valence-electron chi connectivity index (χ0n) is 18.0. The first-order valence-corrected chi connectivity index (χ1v) is 10.4. The number of pyridine rings is 1. The van der Waals surface area contributed by atoms with Gasteiger partial charge in [-0.1, -0.05) is 55.5 Å². The van der Waals surface area contributed by atoms with Gasteiger partial charge in [0.2, 0.25) is 0 Å². The molecule has 160 valence electrons. The maximum Gasteiger partial charge on any atom is 0.337 e. The number of hydrogen-bond donors (Lipinski definition) is 2. The molecule has 1 aromatic heterocycles. The van der Waals surface area contributed by atoms with Crippen LogP contribution in [-0.4, -0.2) is 23.2 Å². The van der Waals surface area contributed by atoms with Crippen molar-refractivity contribution >= 4 is 17.3 Å². The Bertz CT molecular complexity index is 1250. The lowest BCUT2D eigenvalue weighted by atomic mass is 9.98. The zero-order valence-corrected chi connectivity index (χ0v) is 18.0. The van der Waals surface area contributed by atoms with Crippen LogP contribution in [0.2, 0.25) is 0 Å². The Hall–Kier alpha value is -4.12. The Morgan fingerprint density at radius 1 is 0.969 bits per heavy atom. The number of aromatic nitrogens is 1. The Balaban J connectivity index is 1.80. The fourth-order valence-electron chi connectivity index (χ4n) is 3.62. The summed E-state index contributed by atoms with van der Waals surface area (Å²) in [6.45, 7) is 2.00. The van der Waals surface area contributed by atoms with Gasteiger partial charge in [-0.25, -0.2) is 4.79 Å². The zero-order chi connectivity index (χ0) is 22.5. The van der Waals surface area contributed by atoms with E-state index in [1.54, 1.807) is 25.4 Å². The molecule has 0 amide bonds. The van der Waals surface area contributed by atoms with E-state index in [1.165, 1.54) is 0 Å². The fraction of sp³-hybridized carbons (Fsp3) is 0.111. The molecule has 0 atom stereocenters. The van der Waals surface area contributed by atoms with Gasteiger partial charge >= 0.3 is 5.97 Å². The molecular formula is C27H24N2O3. The number of nitrogens with one attached hydrogen (secondary N) is 1. The predicted octanol–water partition coefficient (Wildman–Crippen LogP) is 6.43. The Morgan fingerprint density at radius 2 is 1.75 bits per heavy atom. The van der Waals surface area contributed by atoms with Crippen molar-refractivity contribution in [3.63, 3.8) is 0 Å². The summed E-state index contributed by atoms with van der Waals surface area (Å²) in [6.07, 6.45) is 2.50. The van der Waals surface area contributed by atoms with E-state index in [2.05, 4.69) is 5.32 Å². The highest BCUT2D eigenvalue weighted by Gasteiger charge is 2.14. The number of ether oxygens (including phenoxy) is 1. The maximum absolute atomic E-state index is 11.8. The summed E-state index contributed by atoms with van der Waals surface area (Å²) in [5.41, 5.74) is 6.17. The smallest absolute Gasteiger partial charge is 0.337 e. The maximum atomic E-state index is 11.8. The van der Waals surface area contributed by atoms with Gasteiger partial charge in [0.25, 0.3) is 0 Å². The highest BCUT2D eigenvalue weighted by Crippen LogP contribution is 2.35. The number of aromatic carboxylic acids is 1. The third-order valence-corrected chi connectivity index (χ3v) is 5.32. The van der Waals surface area contributed by atoms with Crippen LogP contribution in [0.3, 0.4) is 0 Å². The van der Waals surface area contributed by atoms with Crippen molar-refractivity contribution in [2.75, 3.05) is 12.4 Å². The van der Waals surface area contributed by atoms with E-state index in [0.29, 0.717) is 11.4 Å². The Morgan fingerprint density at radius 3 is 2.47 bits per heavy atom. The number of carboxylic acid groups (broad SMARTS) is 1. The molecule has 4 rings (SSSR count). The van der Waals surface area contributed by atoms with E-state index >= 15 is 0 Å². The van der Waals surface area contributed by atoms with Gasteiger partial charge in [-0.2, -0.15) is 0 Å². The molecule has 2 N–H and O–H groups in total. The third kappa shape index (κ3) is 4.47. The molecule has 0 unspecified atom stereocenters. The number of carboxylic acids is 1. The molecule has 1 heterocycles. The van der Waals surface area contributed by atoms with Gasteiger partial charge in [0.15, 0.2) is 0 Å². The van der Waals surface area contributed by atoms with Crippen LogP contribution in [-0.2, 0) is 6.42 Å². The molecular weight excluding hydrogens is 400 g/mol. The minimum atomic E-state index is -0.966. The minimum Gasteiger partial charge on any atom is -0.497 e. The lowest BCUT2D eigenvalue weighted by Crippen LogP contribution is -2.04. The monoisotopic (exact) mass is 424 g/mol. The lowest BCUT2D eigenvalue weighted by molar-refractivity contribution is 0.0698. The van der Waals surface area contributed by atoms with Gasteiger partial charge in [-0.05, 0) is 47.9 Å². The number of benzene rings is 3. The van der Waals surface area contributed by atoms with E-state index in [1.807, 2.05) is 73.7 Å². The summed E-state index contributed by atoms with van der Waals surface area (Å²) in [7, 11) is 1.64. The normalized spacial score (nSPS) is 10.6. The van der Waals surface area contributed by atoms with Gasteiger partial charge in [-0.15, -0.1) is 0 Å². The Kier molecular flexibility index (Phi) is 6.17. The average Bonchev–Trinajstić information content (AvgIpc) is 2.84. The first kappa shape index (κ1) is 21.1. The van der Waals surface area contributed by atoms with Gasteiger partial charge < -0.3 is 15.2 Å². The van der Waals surface area contributed by atoms with Gasteiger partial charge in [0.05, 0.1) is 35.9 Å². The molecule has 0 fully saturated rings. The second kappa shape index (κ2) is 9.35. The molecule has 5 nitrogen and oxygen atoms in total. The second-order valence-corrected chi connectivity index (χ2v) is 7.38. The molecule has 0 aliphatic rings. The van der Waals surface area contributed by atoms with E-state index in [-0.39, 0.29) is 5.56 Å². The van der Waals surface area contributed by atoms with Crippen LogP contribution in [0.4, 0.5) is 11.4 Å². The summed E-state index contributed by atoms with van der Waals surface area (Å²) in [5.74, 6) is -0.209. The topological polar surface area (TPSA) is 71.5 Å². The van der Waals surface area contributed by atoms with Crippen LogP contribution in [0, 0.1) is 0 Å². The first-order valence-electron chi connectivity index (χ1n) is 10.4. The predicted molar refractivity (Wildman–Crippen MR) is 128 cm³/mol. The van der Waals surface area contributed by atoms with E-state index < -0.39 is 5.97 Å². The second-order valence-electron chi connectivity index (χ2n) is 7.38. The van der Waals surface area contributed by atoms with Crippen molar-refractivity contribution in [1.82, 2.24) is 4.98 Å². The van der Waals surface area contributed by atoms with Gasteiger partial charge in [-0.3, -0.25) is 4.98 Å². The van der Waals surface area contributed by atoms with E-state index in [4.69, 9.17) is 9.72 Å². The number of anilines is 2. The molecule has 32 heavy (non-hydrogen) atoms. The highest BCUT2D eigenvalue weighted by molar-refractivity contribution is 5.95. The lowest BCUT2D eigenvalue weighted by Gasteiger charge is -2.15. The van der Waals surface area contributed by atoms with Gasteiger partial charge in [0.1, 0.15) is 5.75 Å². The van der Waals surface area contributed by atoms with Crippen molar-refractivity contribution < 1.29 is 14.6 Å². The summed E-state index contributed by atoms with van der Waals surface area (Å²) in [5, 5.41) is 12.9. The van der Waals surface area contributed by atoms with Crippen LogP contribution in [0.1, 0.15) is 22.8 Å². The van der Waals surface area contributed by atoms with E-state index in [9.17, 15) is 9.90 Å². The van der Waals surface area contributed by atoms with Crippen molar-refractivity contribution in [3.05, 3.63) is 96.2 Å². The fourth-order valence-corrected chi connectivity index (χ4v) is 3.62. The minimum absolute atomic E-state index is 0.238. The SMILES string of the molecule is CCc1ccc(Nc2cnc(-c3cccc(OC)c3)c(-c3ccccc3)c2)c(C(=O)O)c1. The number of rotatable bonds is 7. The molecule has 4 aromatic rings. The molecule has 0 saturated heterocycles. The van der Waals surface area contributed by atoms with E-state index in [0.717, 1.165) is 40.1 Å². The molecule has 0 saturated carbocycles. The number of methoxy groups -OCH3 is 1. The Labute approximate surface area is 187 Å². The van der Waals surface area contributed by atoms with Crippen LogP contribution < -0.4 is 10.1 Å². The van der Waals surface area contributed by atoms with Crippen molar-refractivity contribution in [3.8, 4) is 28.1 Å². The molecule has 5 heteroatoms. The van der Waals surface area contributed by atoms with Crippen molar-refractivity contribution in [2.24, 2.45) is 0 Å². The van der Waals surface area contributed by atoms with Crippen molar-refractivity contribution in [1.29, 1.82) is 0 Å². The number of nitrogens with zero attached hydrogens (tertiary/aromatic N) is 1. The highest BCUT2D eigenvalue weighted by atomic mass is 16.5. The van der Waals surface area contributed by atoms with Crippen LogP contribution in [0.5, 0.6) is 5.75 Å². The van der Waals surface area contributed by atoms with Crippen LogP contribution in [0.15, 0.2) is 85.1 Å². The summed E-state index contributed by atoms with van der Waals surface area (Å²) >= 11 is 0. The molecule has 0 radical (unpaired) electrons.